The van der Waals surface area contributed by atoms with Crippen LogP contribution in [0.1, 0.15) is 23.7 Å². The fraction of sp³-hybridized carbons (Fsp3) is 0.364. The molecule has 1 aromatic carbocycles. The Labute approximate surface area is 108 Å². The van der Waals surface area contributed by atoms with Gasteiger partial charge in [0.25, 0.3) is 0 Å². The lowest BCUT2D eigenvalue weighted by Gasteiger charge is -2.19. The van der Waals surface area contributed by atoms with Crippen molar-refractivity contribution in [1.82, 2.24) is 0 Å². The third-order valence-electron chi connectivity index (χ3n) is 2.31. The van der Waals surface area contributed by atoms with E-state index in [-0.39, 0.29) is 4.99 Å². The van der Waals surface area contributed by atoms with Crippen LogP contribution in [-0.2, 0) is 0 Å². The highest BCUT2D eigenvalue weighted by atomic mass is 79.9. The smallest absolute Gasteiger partial charge is 0.106 e. The molecule has 0 bridgehead atoms. The summed E-state index contributed by atoms with van der Waals surface area (Å²) < 4.78 is 0. The standard InChI is InChI=1S/C11H14BrNO2S/c12-6-5-9(14)10(15)7-3-1-2-4-8(7)11(13)16/h1-4,9-10,14-15H,5-6H2,(H2,13,16). The number of aliphatic hydroxyl groups is 2. The Kier molecular flexibility index (Phi) is 5.34. The summed E-state index contributed by atoms with van der Waals surface area (Å²) in [5.41, 5.74) is 6.74. The molecule has 3 nitrogen and oxygen atoms in total. The summed E-state index contributed by atoms with van der Waals surface area (Å²) in [4.78, 5) is 0.223. The molecule has 1 rings (SSSR count). The topological polar surface area (TPSA) is 66.5 Å². The van der Waals surface area contributed by atoms with Crippen molar-refractivity contribution in [3.8, 4) is 0 Å². The summed E-state index contributed by atoms with van der Waals surface area (Å²) in [6.07, 6.45) is -1.32. The maximum absolute atomic E-state index is 9.96. The summed E-state index contributed by atoms with van der Waals surface area (Å²) in [6.45, 7) is 0. The highest BCUT2D eigenvalue weighted by Gasteiger charge is 2.20. The van der Waals surface area contributed by atoms with Gasteiger partial charge in [-0.2, -0.15) is 0 Å². The van der Waals surface area contributed by atoms with Crippen LogP contribution in [0.2, 0.25) is 0 Å². The molecule has 0 spiro atoms. The van der Waals surface area contributed by atoms with Crippen molar-refractivity contribution in [3.63, 3.8) is 0 Å². The minimum absolute atomic E-state index is 0.223. The average Bonchev–Trinajstić information content (AvgIpc) is 2.28. The van der Waals surface area contributed by atoms with E-state index in [0.717, 1.165) is 0 Å². The third-order valence-corrected chi connectivity index (χ3v) is 2.99. The number of benzene rings is 1. The minimum Gasteiger partial charge on any atom is -0.390 e. The zero-order valence-electron chi connectivity index (χ0n) is 8.64. The van der Waals surface area contributed by atoms with Crippen molar-refractivity contribution in [2.75, 3.05) is 5.33 Å². The van der Waals surface area contributed by atoms with E-state index in [1.165, 1.54) is 0 Å². The Bertz CT molecular complexity index is 373. The van der Waals surface area contributed by atoms with E-state index < -0.39 is 12.2 Å². The molecule has 0 saturated carbocycles. The number of thiocarbonyl (C=S) groups is 1. The van der Waals surface area contributed by atoms with Gasteiger partial charge in [0.2, 0.25) is 0 Å². The Hall–Kier alpha value is -0.490. The fourth-order valence-corrected chi connectivity index (χ4v) is 2.11. The molecule has 1 aromatic rings. The van der Waals surface area contributed by atoms with Gasteiger partial charge in [0.05, 0.1) is 6.10 Å². The minimum atomic E-state index is -0.963. The van der Waals surface area contributed by atoms with Crippen LogP contribution >= 0.6 is 28.1 Å². The van der Waals surface area contributed by atoms with Gasteiger partial charge in [0, 0.05) is 10.9 Å². The second-order valence-electron chi connectivity index (χ2n) is 3.44. The number of rotatable bonds is 5. The number of hydrogen-bond acceptors (Lipinski definition) is 3. The number of nitrogens with two attached hydrogens (primary N) is 1. The molecule has 0 amide bonds. The molecule has 0 radical (unpaired) electrons. The lowest BCUT2D eigenvalue weighted by molar-refractivity contribution is 0.0173. The first-order valence-electron chi connectivity index (χ1n) is 4.88. The van der Waals surface area contributed by atoms with Crippen LogP contribution in [-0.4, -0.2) is 26.6 Å². The summed E-state index contributed by atoms with van der Waals surface area (Å²) in [7, 11) is 0. The van der Waals surface area contributed by atoms with Crippen LogP contribution in [0.25, 0.3) is 0 Å². The molecule has 2 atom stereocenters. The molecule has 4 N–H and O–H groups in total. The number of aliphatic hydroxyl groups excluding tert-OH is 2. The van der Waals surface area contributed by atoms with E-state index in [2.05, 4.69) is 15.9 Å². The first-order valence-corrected chi connectivity index (χ1v) is 6.41. The molecule has 5 heteroatoms. The van der Waals surface area contributed by atoms with Crippen molar-refractivity contribution >= 4 is 33.1 Å². The van der Waals surface area contributed by atoms with Crippen molar-refractivity contribution in [3.05, 3.63) is 35.4 Å². The number of alkyl halides is 1. The molecule has 2 unspecified atom stereocenters. The maximum atomic E-state index is 9.96. The monoisotopic (exact) mass is 303 g/mol. The zero-order valence-corrected chi connectivity index (χ0v) is 11.0. The van der Waals surface area contributed by atoms with Gasteiger partial charge in [-0.25, -0.2) is 0 Å². The van der Waals surface area contributed by atoms with Crippen LogP contribution < -0.4 is 5.73 Å². The third kappa shape index (κ3) is 3.25. The van der Waals surface area contributed by atoms with Gasteiger partial charge in [-0.15, -0.1) is 0 Å². The average molecular weight is 304 g/mol. The Morgan fingerprint density at radius 3 is 2.56 bits per heavy atom. The van der Waals surface area contributed by atoms with Crippen molar-refractivity contribution in [2.45, 2.75) is 18.6 Å². The second-order valence-corrected chi connectivity index (χ2v) is 4.67. The summed E-state index contributed by atoms with van der Waals surface area (Å²) in [5, 5.41) is 20.3. The number of halogens is 1. The van der Waals surface area contributed by atoms with E-state index in [1.807, 2.05) is 0 Å². The van der Waals surface area contributed by atoms with Crippen LogP contribution in [0.5, 0.6) is 0 Å². The van der Waals surface area contributed by atoms with E-state index in [9.17, 15) is 10.2 Å². The largest absolute Gasteiger partial charge is 0.390 e. The molecule has 16 heavy (non-hydrogen) atoms. The molecular weight excluding hydrogens is 290 g/mol. The maximum Gasteiger partial charge on any atom is 0.106 e. The molecule has 0 aliphatic rings. The Morgan fingerprint density at radius 1 is 1.38 bits per heavy atom. The van der Waals surface area contributed by atoms with Gasteiger partial charge in [-0.1, -0.05) is 52.4 Å². The highest BCUT2D eigenvalue weighted by molar-refractivity contribution is 9.09. The molecule has 0 aliphatic carbocycles. The van der Waals surface area contributed by atoms with Crippen LogP contribution in [0.4, 0.5) is 0 Å². The van der Waals surface area contributed by atoms with E-state index in [0.29, 0.717) is 22.9 Å². The first kappa shape index (κ1) is 13.6. The Balaban J connectivity index is 2.98. The highest BCUT2D eigenvalue weighted by Crippen LogP contribution is 2.23. The van der Waals surface area contributed by atoms with Gasteiger partial charge < -0.3 is 15.9 Å². The lowest BCUT2D eigenvalue weighted by Crippen LogP contribution is -2.22. The molecule has 0 saturated heterocycles. The van der Waals surface area contributed by atoms with Gasteiger partial charge in [0.15, 0.2) is 0 Å². The summed E-state index contributed by atoms with van der Waals surface area (Å²) in [6, 6.07) is 7.03. The van der Waals surface area contributed by atoms with Crippen LogP contribution in [0.3, 0.4) is 0 Å². The first-order chi connectivity index (χ1) is 7.57. The number of hydrogen-bond donors (Lipinski definition) is 3. The van der Waals surface area contributed by atoms with Crippen LogP contribution in [0, 0.1) is 0 Å². The molecular formula is C11H14BrNO2S. The molecule has 0 heterocycles. The molecule has 0 aliphatic heterocycles. The van der Waals surface area contributed by atoms with E-state index >= 15 is 0 Å². The SMILES string of the molecule is NC(=S)c1ccccc1C(O)C(O)CCBr. The van der Waals surface area contributed by atoms with Crippen molar-refractivity contribution in [2.24, 2.45) is 5.73 Å². The van der Waals surface area contributed by atoms with Gasteiger partial charge in [-0.3, -0.25) is 0 Å². The van der Waals surface area contributed by atoms with Crippen LogP contribution in [0.15, 0.2) is 24.3 Å². The zero-order chi connectivity index (χ0) is 12.1. The van der Waals surface area contributed by atoms with E-state index in [1.54, 1.807) is 24.3 Å². The summed E-state index contributed by atoms with van der Waals surface area (Å²) in [5.74, 6) is 0. The molecule has 0 aromatic heterocycles. The van der Waals surface area contributed by atoms with Crippen molar-refractivity contribution in [1.29, 1.82) is 0 Å². The lowest BCUT2D eigenvalue weighted by atomic mass is 9.97. The Morgan fingerprint density at radius 2 is 2.00 bits per heavy atom. The van der Waals surface area contributed by atoms with E-state index in [4.69, 9.17) is 18.0 Å². The quantitative estimate of drug-likeness (QED) is 0.570. The van der Waals surface area contributed by atoms with Gasteiger partial charge in [0.1, 0.15) is 11.1 Å². The van der Waals surface area contributed by atoms with Gasteiger partial charge in [-0.05, 0) is 12.0 Å². The van der Waals surface area contributed by atoms with Crippen molar-refractivity contribution < 1.29 is 10.2 Å². The molecule has 0 fully saturated rings. The predicted molar refractivity (Wildman–Crippen MR) is 71.7 cm³/mol. The van der Waals surface area contributed by atoms with Gasteiger partial charge >= 0.3 is 0 Å². The normalized spacial score (nSPS) is 14.4. The second kappa shape index (κ2) is 6.30. The molecule has 88 valence electrons. The fourth-order valence-electron chi connectivity index (χ4n) is 1.46. The predicted octanol–water partition coefficient (Wildman–Crippen LogP) is 1.50. The summed E-state index contributed by atoms with van der Waals surface area (Å²) >= 11 is 8.11.